The average Bonchev–Trinajstić information content (AvgIpc) is 2.73. The van der Waals surface area contributed by atoms with Crippen molar-refractivity contribution in [3.05, 3.63) is 46.5 Å². The molecule has 7 N–H and O–H groups in total. The Morgan fingerprint density at radius 2 is 1.66 bits per heavy atom. The molecule has 1 aromatic carbocycles. The van der Waals surface area contributed by atoms with Gasteiger partial charge in [-0.3, -0.25) is 0 Å². The molecule has 2 heterocycles. The van der Waals surface area contributed by atoms with Gasteiger partial charge >= 0.3 is 24.3 Å². The highest BCUT2D eigenvalue weighted by molar-refractivity contribution is 7.80. The van der Waals surface area contributed by atoms with Gasteiger partial charge in [-0.05, 0) is 18.2 Å². The van der Waals surface area contributed by atoms with Gasteiger partial charge in [0.25, 0.3) is 0 Å². The number of nitrogens with two attached hydrogens (primary N) is 2. The number of fused-ring (bicyclic) bond motifs is 1. The predicted octanol–water partition coefficient (Wildman–Crippen LogP) is 2.16. The maximum atomic E-state index is 10.6. The van der Waals surface area contributed by atoms with Crippen molar-refractivity contribution >= 4 is 24.6 Å². The van der Waals surface area contributed by atoms with Crippen LogP contribution in [0.4, 0.5) is 26.3 Å². The normalized spacial score (nSPS) is 18.6. The molecule has 0 bridgehead atoms. The summed E-state index contributed by atoms with van der Waals surface area (Å²) >= 11 is 4.62. The zero-order chi connectivity index (χ0) is 27.3. The van der Waals surface area contributed by atoms with Gasteiger partial charge in [0.2, 0.25) is 5.88 Å². The number of aliphatic carboxylic acids is 2. The van der Waals surface area contributed by atoms with E-state index >= 15 is 0 Å². The number of nitrogens with one attached hydrogen (secondary N) is 1. The molecule has 0 spiro atoms. The van der Waals surface area contributed by atoms with Gasteiger partial charge < -0.3 is 36.5 Å². The number of alkyl halides is 6. The monoisotopic (exact) mass is 530 g/mol. The first-order chi connectivity index (χ1) is 15.9. The van der Waals surface area contributed by atoms with E-state index in [9.17, 15) is 26.3 Å². The van der Waals surface area contributed by atoms with Crippen molar-refractivity contribution in [3.63, 3.8) is 0 Å². The van der Waals surface area contributed by atoms with Crippen molar-refractivity contribution in [1.29, 1.82) is 5.26 Å². The zero-order valence-electron chi connectivity index (χ0n) is 17.2. The van der Waals surface area contributed by atoms with Crippen molar-refractivity contribution in [2.45, 2.75) is 23.8 Å². The van der Waals surface area contributed by atoms with Gasteiger partial charge in [-0.1, -0.05) is 0 Å². The Hall–Kier alpha value is -3.78. The molecule has 0 radical (unpaired) electrons. The van der Waals surface area contributed by atoms with E-state index in [0.29, 0.717) is 28.7 Å². The summed E-state index contributed by atoms with van der Waals surface area (Å²) < 4.78 is 74.5. The van der Waals surface area contributed by atoms with Crippen molar-refractivity contribution in [1.82, 2.24) is 5.32 Å². The fourth-order valence-corrected chi connectivity index (χ4v) is 2.90. The third-order valence-electron chi connectivity index (χ3n) is 4.03. The molecule has 0 saturated carbocycles. The van der Waals surface area contributed by atoms with Crippen molar-refractivity contribution in [2.75, 3.05) is 7.11 Å². The van der Waals surface area contributed by atoms with Gasteiger partial charge in [-0.2, -0.15) is 44.2 Å². The second-order valence-electron chi connectivity index (χ2n) is 6.32. The average molecular weight is 530 g/mol. The Kier molecular flexibility index (Phi) is 9.27. The SMILES string of the molecule is COc1ccc2c(c1)C(S)C1=C(NC(N)C(C#N)=C1N)O2.O=C(O)C(F)(F)F.O=C(O)C(F)(F)F. The fraction of sp³-hybridized carbons (Fsp3) is 0.278. The summed E-state index contributed by atoms with van der Waals surface area (Å²) in [6, 6.07) is 7.46. The molecule has 1 aromatic rings. The van der Waals surface area contributed by atoms with E-state index in [1.54, 1.807) is 19.2 Å². The Labute approximate surface area is 197 Å². The summed E-state index contributed by atoms with van der Waals surface area (Å²) in [4.78, 5) is 17.8. The second kappa shape index (κ2) is 11.1. The van der Waals surface area contributed by atoms with Crippen LogP contribution in [0, 0.1) is 11.3 Å². The second-order valence-corrected chi connectivity index (χ2v) is 6.83. The zero-order valence-corrected chi connectivity index (χ0v) is 18.1. The number of hydrogen-bond donors (Lipinski definition) is 6. The molecule has 2 aliphatic heterocycles. The third kappa shape index (κ3) is 7.35. The molecule has 2 unspecified atom stereocenters. The van der Waals surface area contributed by atoms with Crippen LogP contribution >= 0.6 is 12.6 Å². The summed E-state index contributed by atoms with van der Waals surface area (Å²) in [5.41, 5.74) is 14.0. The number of carboxylic acid groups (broad SMARTS) is 2. The first-order valence-corrected chi connectivity index (χ1v) is 9.27. The van der Waals surface area contributed by atoms with E-state index in [0.717, 1.165) is 5.56 Å². The Bertz CT molecular complexity index is 1070. The lowest BCUT2D eigenvalue weighted by Crippen LogP contribution is -2.46. The highest BCUT2D eigenvalue weighted by Gasteiger charge is 2.39. The van der Waals surface area contributed by atoms with Crippen LogP contribution in [0.15, 0.2) is 40.9 Å². The minimum atomic E-state index is -5.08. The van der Waals surface area contributed by atoms with Gasteiger partial charge in [0.15, 0.2) is 0 Å². The molecule has 2 atom stereocenters. The van der Waals surface area contributed by atoms with Crippen molar-refractivity contribution in [2.24, 2.45) is 11.5 Å². The number of rotatable bonds is 1. The standard InChI is InChI=1S/C14H14N4O2S.2C2HF3O2/c1-19-6-2-3-9-7(4-6)12(21)10-11(16)8(5-15)13(17)18-14(10)20-9;2*3-2(4,5)1(6)7/h2-4,12-13,18,21H,16-17H2,1H3;2*(H,6,7). The highest BCUT2D eigenvalue weighted by Crippen LogP contribution is 2.45. The minimum absolute atomic E-state index is 0.280. The number of ether oxygens (including phenoxy) is 2. The number of hydrogen-bond acceptors (Lipinski definition) is 9. The van der Waals surface area contributed by atoms with Crippen LogP contribution in [-0.2, 0) is 9.59 Å². The quantitative estimate of drug-likeness (QED) is 0.233. The van der Waals surface area contributed by atoms with Crippen LogP contribution in [0.25, 0.3) is 0 Å². The number of nitriles is 1. The Balaban J connectivity index is 0.000000362. The molecule has 0 amide bonds. The summed E-state index contributed by atoms with van der Waals surface area (Å²) in [6.07, 6.45) is -10.9. The van der Waals surface area contributed by atoms with Crippen molar-refractivity contribution in [3.8, 4) is 17.6 Å². The molecule has 10 nitrogen and oxygen atoms in total. The van der Waals surface area contributed by atoms with Crippen molar-refractivity contribution < 1.29 is 55.6 Å². The summed E-state index contributed by atoms with van der Waals surface area (Å²) in [7, 11) is 1.59. The summed E-state index contributed by atoms with van der Waals surface area (Å²) in [5, 5.41) is 26.0. The summed E-state index contributed by atoms with van der Waals surface area (Å²) in [5.74, 6) is -3.72. The Morgan fingerprint density at radius 3 is 2.06 bits per heavy atom. The van der Waals surface area contributed by atoms with Crippen LogP contribution in [-0.4, -0.2) is 47.8 Å². The number of carbonyl (C=O) groups is 2. The number of halogens is 6. The van der Waals surface area contributed by atoms with Crippen LogP contribution in [0.3, 0.4) is 0 Å². The minimum Gasteiger partial charge on any atom is -0.497 e. The molecule has 0 saturated heterocycles. The van der Waals surface area contributed by atoms with Crippen LogP contribution in [0.5, 0.6) is 11.5 Å². The van der Waals surface area contributed by atoms with E-state index in [4.69, 9.17) is 46.0 Å². The lowest BCUT2D eigenvalue weighted by molar-refractivity contribution is -0.193. The van der Waals surface area contributed by atoms with Gasteiger partial charge in [0.1, 0.15) is 23.7 Å². The first kappa shape index (κ1) is 29.3. The Morgan fingerprint density at radius 1 is 1.17 bits per heavy atom. The molecule has 17 heteroatoms. The fourth-order valence-electron chi connectivity index (χ4n) is 2.44. The number of methoxy groups -OCH3 is 1. The maximum Gasteiger partial charge on any atom is 0.490 e. The third-order valence-corrected chi connectivity index (χ3v) is 4.56. The van der Waals surface area contributed by atoms with Crippen LogP contribution in [0.1, 0.15) is 10.8 Å². The lowest BCUT2D eigenvalue weighted by atomic mass is 9.93. The molecule has 0 aliphatic carbocycles. The van der Waals surface area contributed by atoms with E-state index in [-0.39, 0.29) is 10.8 Å². The van der Waals surface area contributed by atoms with Crippen LogP contribution < -0.4 is 26.3 Å². The van der Waals surface area contributed by atoms with E-state index in [2.05, 4.69) is 17.9 Å². The number of benzene rings is 1. The number of allylic oxidation sites excluding steroid dienone is 1. The molecule has 2 aliphatic rings. The van der Waals surface area contributed by atoms with Gasteiger partial charge in [0, 0.05) is 5.56 Å². The largest absolute Gasteiger partial charge is 0.497 e. The predicted molar refractivity (Wildman–Crippen MR) is 108 cm³/mol. The number of dihydropyridines is 1. The highest BCUT2D eigenvalue weighted by atomic mass is 32.1. The maximum absolute atomic E-state index is 10.6. The van der Waals surface area contributed by atoms with E-state index < -0.39 is 30.5 Å². The molecule has 0 aromatic heterocycles. The number of thiol groups is 1. The molecular weight excluding hydrogens is 514 g/mol. The van der Waals surface area contributed by atoms with Crippen LogP contribution in [0.2, 0.25) is 0 Å². The van der Waals surface area contributed by atoms with E-state index in [1.165, 1.54) is 0 Å². The smallest absolute Gasteiger partial charge is 0.490 e. The first-order valence-electron chi connectivity index (χ1n) is 8.76. The molecule has 35 heavy (non-hydrogen) atoms. The number of nitrogens with zero attached hydrogens (tertiary/aromatic N) is 1. The van der Waals surface area contributed by atoms with Gasteiger partial charge in [0.05, 0.1) is 29.2 Å². The molecule has 0 fully saturated rings. The summed E-state index contributed by atoms with van der Waals surface area (Å²) in [6.45, 7) is 0. The topological polar surface area (TPSA) is 181 Å². The van der Waals surface area contributed by atoms with Gasteiger partial charge in [-0.25, -0.2) is 9.59 Å². The molecule has 192 valence electrons. The van der Waals surface area contributed by atoms with Gasteiger partial charge in [-0.15, -0.1) is 0 Å². The lowest BCUT2D eigenvalue weighted by Gasteiger charge is -2.34. The number of carboxylic acids is 2. The molecular formula is C18H16F6N4O6S. The molecule has 3 rings (SSSR count). The van der Waals surface area contributed by atoms with E-state index in [1.807, 2.05) is 12.1 Å².